The summed E-state index contributed by atoms with van der Waals surface area (Å²) in [5.74, 6) is 0. The number of rotatable bonds is 5. The van der Waals surface area contributed by atoms with Gasteiger partial charge in [0.15, 0.2) is 0 Å². The van der Waals surface area contributed by atoms with E-state index in [1.165, 1.54) is 0 Å². The summed E-state index contributed by atoms with van der Waals surface area (Å²) in [7, 11) is -3.48. The molecule has 1 heterocycles. The molecular weight excluding hydrogens is 320 g/mol. The molecule has 0 saturated heterocycles. The Labute approximate surface area is 143 Å². The van der Waals surface area contributed by atoms with Crippen molar-refractivity contribution in [2.45, 2.75) is 32.1 Å². The Morgan fingerprint density at radius 1 is 1.00 bits per heavy atom. The van der Waals surface area contributed by atoms with E-state index in [9.17, 15) is 8.42 Å². The zero-order chi connectivity index (χ0) is 17.3. The third-order valence-electron chi connectivity index (χ3n) is 4.48. The number of fused-ring (bicyclic) bond motifs is 1. The Kier molecular flexibility index (Phi) is 4.47. The molecule has 126 valence electrons. The third-order valence-corrected chi connectivity index (χ3v) is 5.94. The molecule has 3 rings (SSSR count). The van der Waals surface area contributed by atoms with Crippen molar-refractivity contribution in [2.75, 3.05) is 6.54 Å². The standard InChI is InChI=1S/C19H22N2O2S/c1-13-8-9-16(12-14(13)2)24(22,23)20-11-10-17-15(3)21-19-7-5-4-6-18(17)19/h4-9,12,20-21H,10-11H2,1-3H3. The molecule has 2 aromatic carbocycles. The minimum Gasteiger partial charge on any atom is -0.358 e. The van der Waals surface area contributed by atoms with E-state index in [1.807, 2.05) is 45.0 Å². The largest absolute Gasteiger partial charge is 0.358 e. The van der Waals surface area contributed by atoms with Crippen LogP contribution in [0.4, 0.5) is 0 Å². The van der Waals surface area contributed by atoms with E-state index in [0.717, 1.165) is 33.3 Å². The maximum absolute atomic E-state index is 12.5. The van der Waals surface area contributed by atoms with E-state index < -0.39 is 10.0 Å². The summed E-state index contributed by atoms with van der Waals surface area (Å²) in [6.07, 6.45) is 0.653. The fraction of sp³-hybridized carbons (Fsp3) is 0.263. The van der Waals surface area contributed by atoms with Gasteiger partial charge in [0, 0.05) is 23.1 Å². The summed E-state index contributed by atoms with van der Waals surface area (Å²) in [5, 5.41) is 1.15. The van der Waals surface area contributed by atoms with Crippen molar-refractivity contribution >= 4 is 20.9 Å². The number of hydrogen-bond acceptors (Lipinski definition) is 2. The van der Waals surface area contributed by atoms with E-state index in [0.29, 0.717) is 17.9 Å². The highest BCUT2D eigenvalue weighted by atomic mass is 32.2. The molecular formula is C19H22N2O2S. The molecule has 0 bridgehead atoms. The van der Waals surface area contributed by atoms with Gasteiger partial charge >= 0.3 is 0 Å². The molecule has 24 heavy (non-hydrogen) atoms. The number of aromatic nitrogens is 1. The van der Waals surface area contributed by atoms with Crippen molar-refractivity contribution in [2.24, 2.45) is 0 Å². The first-order valence-corrected chi connectivity index (χ1v) is 9.50. The van der Waals surface area contributed by atoms with Gasteiger partial charge in [-0.25, -0.2) is 13.1 Å². The van der Waals surface area contributed by atoms with Gasteiger partial charge in [-0.2, -0.15) is 0 Å². The van der Waals surface area contributed by atoms with Crippen LogP contribution in [0.2, 0.25) is 0 Å². The zero-order valence-electron chi connectivity index (χ0n) is 14.2. The van der Waals surface area contributed by atoms with Crippen LogP contribution in [0.5, 0.6) is 0 Å². The number of para-hydroxylation sites is 1. The van der Waals surface area contributed by atoms with Crippen LogP contribution in [0.15, 0.2) is 47.4 Å². The van der Waals surface area contributed by atoms with Crippen molar-refractivity contribution in [3.05, 3.63) is 64.8 Å². The Balaban J connectivity index is 1.75. The number of sulfonamides is 1. The van der Waals surface area contributed by atoms with Crippen LogP contribution in [-0.2, 0) is 16.4 Å². The molecule has 5 heteroatoms. The number of benzene rings is 2. The first-order valence-electron chi connectivity index (χ1n) is 8.01. The van der Waals surface area contributed by atoms with E-state index in [-0.39, 0.29) is 0 Å². The fourth-order valence-electron chi connectivity index (χ4n) is 2.93. The molecule has 2 N–H and O–H groups in total. The minimum atomic E-state index is -3.48. The Hall–Kier alpha value is -2.11. The van der Waals surface area contributed by atoms with Gasteiger partial charge in [0.2, 0.25) is 10.0 Å². The Morgan fingerprint density at radius 2 is 1.75 bits per heavy atom. The summed E-state index contributed by atoms with van der Waals surface area (Å²) in [5.41, 5.74) is 5.39. The highest BCUT2D eigenvalue weighted by molar-refractivity contribution is 7.89. The lowest BCUT2D eigenvalue weighted by atomic mass is 10.1. The number of H-pyrrole nitrogens is 1. The molecule has 0 aliphatic carbocycles. The van der Waals surface area contributed by atoms with Gasteiger partial charge in [-0.1, -0.05) is 24.3 Å². The van der Waals surface area contributed by atoms with E-state index in [2.05, 4.69) is 15.8 Å². The van der Waals surface area contributed by atoms with Gasteiger partial charge in [-0.15, -0.1) is 0 Å². The predicted octanol–water partition coefficient (Wildman–Crippen LogP) is 3.61. The van der Waals surface area contributed by atoms with Crippen LogP contribution < -0.4 is 4.72 Å². The SMILES string of the molecule is Cc1ccc(S(=O)(=O)NCCc2c(C)[nH]c3ccccc23)cc1C. The second-order valence-electron chi connectivity index (χ2n) is 6.17. The minimum absolute atomic E-state index is 0.321. The molecule has 0 unspecified atom stereocenters. The summed E-state index contributed by atoms with van der Waals surface area (Å²) in [6.45, 7) is 6.29. The number of nitrogens with one attached hydrogen (secondary N) is 2. The summed E-state index contributed by atoms with van der Waals surface area (Å²) < 4.78 is 27.6. The van der Waals surface area contributed by atoms with Crippen molar-refractivity contribution in [3.8, 4) is 0 Å². The maximum atomic E-state index is 12.5. The summed E-state index contributed by atoms with van der Waals surface area (Å²) in [4.78, 5) is 3.66. The number of aryl methyl sites for hydroxylation is 3. The molecule has 0 radical (unpaired) electrons. The van der Waals surface area contributed by atoms with E-state index >= 15 is 0 Å². The van der Waals surface area contributed by atoms with Crippen LogP contribution in [0, 0.1) is 20.8 Å². The lowest BCUT2D eigenvalue weighted by Gasteiger charge is -2.09. The van der Waals surface area contributed by atoms with Gasteiger partial charge in [0.25, 0.3) is 0 Å². The Morgan fingerprint density at radius 3 is 2.50 bits per heavy atom. The maximum Gasteiger partial charge on any atom is 0.240 e. The van der Waals surface area contributed by atoms with E-state index in [1.54, 1.807) is 12.1 Å². The second kappa shape index (κ2) is 6.42. The molecule has 1 aromatic heterocycles. The van der Waals surface area contributed by atoms with Crippen LogP contribution in [0.3, 0.4) is 0 Å². The average Bonchev–Trinajstić information content (AvgIpc) is 2.86. The second-order valence-corrected chi connectivity index (χ2v) is 7.93. The lowest BCUT2D eigenvalue weighted by molar-refractivity contribution is 0.581. The van der Waals surface area contributed by atoms with E-state index in [4.69, 9.17) is 0 Å². The topological polar surface area (TPSA) is 62.0 Å². The molecule has 0 fully saturated rings. The predicted molar refractivity (Wildman–Crippen MR) is 97.8 cm³/mol. The highest BCUT2D eigenvalue weighted by Crippen LogP contribution is 2.22. The van der Waals surface area contributed by atoms with Crippen LogP contribution in [0.25, 0.3) is 10.9 Å². The highest BCUT2D eigenvalue weighted by Gasteiger charge is 2.15. The van der Waals surface area contributed by atoms with Crippen molar-refractivity contribution in [3.63, 3.8) is 0 Å². The molecule has 0 aliphatic heterocycles. The van der Waals surface area contributed by atoms with Gasteiger partial charge in [0.05, 0.1) is 4.90 Å². The van der Waals surface area contributed by atoms with Gasteiger partial charge < -0.3 is 4.98 Å². The van der Waals surface area contributed by atoms with Gasteiger partial charge in [-0.05, 0) is 62.1 Å². The average molecular weight is 342 g/mol. The fourth-order valence-corrected chi connectivity index (χ4v) is 4.05. The lowest BCUT2D eigenvalue weighted by Crippen LogP contribution is -2.26. The smallest absolute Gasteiger partial charge is 0.240 e. The zero-order valence-corrected chi connectivity index (χ0v) is 15.0. The first-order chi connectivity index (χ1) is 11.4. The van der Waals surface area contributed by atoms with Gasteiger partial charge in [0.1, 0.15) is 0 Å². The molecule has 0 aliphatic rings. The van der Waals surface area contributed by atoms with Crippen LogP contribution >= 0.6 is 0 Å². The van der Waals surface area contributed by atoms with Crippen molar-refractivity contribution in [1.82, 2.24) is 9.71 Å². The molecule has 0 atom stereocenters. The van der Waals surface area contributed by atoms with Crippen LogP contribution in [-0.4, -0.2) is 19.9 Å². The quantitative estimate of drug-likeness (QED) is 0.744. The van der Waals surface area contributed by atoms with Crippen molar-refractivity contribution in [1.29, 1.82) is 0 Å². The number of hydrogen-bond donors (Lipinski definition) is 2. The normalized spacial score (nSPS) is 12.0. The molecule has 0 spiro atoms. The monoisotopic (exact) mass is 342 g/mol. The Bertz CT molecular complexity index is 988. The summed E-state index contributed by atoms with van der Waals surface area (Å²) >= 11 is 0. The number of aromatic amines is 1. The van der Waals surface area contributed by atoms with Gasteiger partial charge in [-0.3, -0.25) is 0 Å². The molecule has 3 aromatic rings. The molecule has 0 amide bonds. The molecule has 4 nitrogen and oxygen atoms in total. The molecule has 0 saturated carbocycles. The van der Waals surface area contributed by atoms with Crippen molar-refractivity contribution < 1.29 is 8.42 Å². The summed E-state index contributed by atoms with van der Waals surface area (Å²) in [6, 6.07) is 13.3. The first kappa shape index (κ1) is 16.7. The third kappa shape index (κ3) is 3.23. The van der Waals surface area contributed by atoms with Crippen LogP contribution in [0.1, 0.15) is 22.4 Å².